The Morgan fingerprint density at radius 2 is 1.69 bits per heavy atom. The fraction of sp³-hybridized carbons (Fsp3) is 0.440. The second kappa shape index (κ2) is 14.9. The molecule has 0 aliphatic carbocycles. The Hall–Kier alpha value is -3.06. The third-order valence-electron chi connectivity index (χ3n) is 4.72. The van der Waals surface area contributed by atoms with Gasteiger partial charge in [-0.3, -0.25) is 4.79 Å². The van der Waals surface area contributed by atoms with Crippen LogP contribution in [0.2, 0.25) is 0 Å². The van der Waals surface area contributed by atoms with Crippen LogP contribution in [0.15, 0.2) is 53.5 Å². The van der Waals surface area contributed by atoms with Crippen molar-refractivity contribution in [3.8, 4) is 5.75 Å². The molecule has 0 bridgehead atoms. The predicted octanol–water partition coefficient (Wildman–Crippen LogP) is 4.10. The van der Waals surface area contributed by atoms with E-state index in [0.717, 1.165) is 61.1 Å². The Morgan fingerprint density at radius 1 is 0.969 bits per heavy atom. The summed E-state index contributed by atoms with van der Waals surface area (Å²) < 4.78 is 10.6. The van der Waals surface area contributed by atoms with Crippen molar-refractivity contribution in [2.75, 3.05) is 32.2 Å². The van der Waals surface area contributed by atoms with E-state index in [-0.39, 0.29) is 5.91 Å². The zero-order valence-corrected chi connectivity index (χ0v) is 19.4. The number of carbonyl (C=O) groups is 1. The van der Waals surface area contributed by atoms with E-state index < -0.39 is 0 Å². The minimum absolute atomic E-state index is 0.0441. The third-order valence-corrected chi connectivity index (χ3v) is 4.72. The summed E-state index contributed by atoms with van der Waals surface area (Å²) in [5.41, 5.74) is 3.02. The van der Waals surface area contributed by atoms with Gasteiger partial charge in [0.1, 0.15) is 5.75 Å². The zero-order valence-electron chi connectivity index (χ0n) is 19.4. The molecular weight excluding hydrogens is 404 g/mol. The van der Waals surface area contributed by atoms with E-state index >= 15 is 0 Å². The Kier molecular flexibility index (Phi) is 11.7. The summed E-state index contributed by atoms with van der Waals surface area (Å²) in [6.45, 7) is 7.41. The lowest BCUT2D eigenvalue weighted by Gasteiger charge is -2.13. The van der Waals surface area contributed by atoms with Gasteiger partial charge in [0.25, 0.3) is 0 Å². The molecule has 174 valence electrons. The number of amides is 1. The van der Waals surface area contributed by atoms with Crippen molar-refractivity contribution in [2.24, 2.45) is 4.99 Å². The Balaban J connectivity index is 1.93. The highest BCUT2D eigenvalue weighted by atomic mass is 16.5. The van der Waals surface area contributed by atoms with Gasteiger partial charge >= 0.3 is 0 Å². The molecule has 0 saturated heterocycles. The van der Waals surface area contributed by atoms with Crippen molar-refractivity contribution in [3.63, 3.8) is 0 Å². The smallest absolute Gasteiger partial charge is 0.224 e. The first-order chi connectivity index (χ1) is 15.6. The number of hydrogen-bond donors (Lipinski definition) is 3. The molecule has 0 heterocycles. The SMILES string of the molecule is CCCC(=O)Nc1ccc(CNC(=NCc2ccc(OC)cc2)NCCCOCC)cc1. The van der Waals surface area contributed by atoms with E-state index in [1.165, 1.54) is 0 Å². The highest BCUT2D eigenvalue weighted by molar-refractivity contribution is 5.90. The molecule has 32 heavy (non-hydrogen) atoms. The van der Waals surface area contributed by atoms with Crippen LogP contribution < -0.4 is 20.7 Å². The monoisotopic (exact) mass is 440 g/mol. The van der Waals surface area contributed by atoms with Crippen molar-refractivity contribution >= 4 is 17.6 Å². The fourth-order valence-corrected chi connectivity index (χ4v) is 2.94. The van der Waals surface area contributed by atoms with Crippen LogP contribution in [0.1, 0.15) is 44.2 Å². The molecule has 7 nitrogen and oxygen atoms in total. The van der Waals surface area contributed by atoms with Crippen LogP contribution >= 0.6 is 0 Å². The molecule has 3 N–H and O–H groups in total. The largest absolute Gasteiger partial charge is 0.497 e. The van der Waals surface area contributed by atoms with E-state index in [1.54, 1.807) is 7.11 Å². The second-order valence-corrected chi connectivity index (χ2v) is 7.34. The fourth-order valence-electron chi connectivity index (χ4n) is 2.94. The minimum atomic E-state index is 0.0441. The molecule has 0 unspecified atom stereocenters. The van der Waals surface area contributed by atoms with E-state index in [4.69, 9.17) is 14.5 Å². The molecule has 0 spiro atoms. The summed E-state index contributed by atoms with van der Waals surface area (Å²) in [6.07, 6.45) is 2.28. The van der Waals surface area contributed by atoms with Crippen molar-refractivity contribution in [1.29, 1.82) is 0 Å². The lowest BCUT2D eigenvalue weighted by molar-refractivity contribution is -0.116. The van der Waals surface area contributed by atoms with Crippen LogP contribution in [0.5, 0.6) is 5.75 Å². The second-order valence-electron chi connectivity index (χ2n) is 7.34. The number of rotatable bonds is 13. The minimum Gasteiger partial charge on any atom is -0.497 e. The number of ether oxygens (including phenoxy) is 2. The standard InChI is InChI=1S/C25H36N4O3/c1-4-7-24(30)29-22-12-8-20(9-13-22)18-27-25(26-16-6-17-32-5-2)28-19-21-10-14-23(31-3)15-11-21/h8-15H,4-7,16-19H2,1-3H3,(H,29,30)(H2,26,27,28). The molecule has 2 rings (SSSR count). The molecule has 0 fully saturated rings. The van der Waals surface area contributed by atoms with Gasteiger partial charge in [0.15, 0.2) is 5.96 Å². The van der Waals surface area contributed by atoms with Crippen LogP contribution in [0.25, 0.3) is 0 Å². The van der Waals surface area contributed by atoms with Crippen LogP contribution in [-0.4, -0.2) is 38.7 Å². The molecule has 0 atom stereocenters. The summed E-state index contributed by atoms with van der Waals surface area (Å²) in [5, 5.41) is 9.67. The Labute approximate surface area is 191 Å². The van der Waals surface area contributed by atoms with Gasteiger partial charge < -0.3 is 25.4 Å². The van der Waals surface area contributed by atoms with Crippen LogP contribution in [-0.2, 0) is 22.6 Å². The summed E-state index contributed by atoms with van der Waals surface area (Å²) in [7, 11) is 1.66. The average Bonchev–Trinajstić information content (AvgIpc) is 2.81. The highest BCUT2D eigenvalue weighted by Gasteiger charge is 2.03. The van der Waals surface area contributed by atoms with E-state index in [9.17, 15) is 4.79 Å². The molecule has 0 aromatic heterocycles. The number of guanidine groups is 1. The summed E-state index contributed by atoms with van der Waals surface area (Å²) >= 11 is 0. The third kappa shape index (κ3) is 9.83. The lowest BCUT2D eigenvalue weighted by Crippen LogP contribution is -2.37. The quantitative estimate of drug-likeness (QED) is 0.248. The number of hydrogen-bond acceptors (Lipinski definition) is 4. The molecular formula is C25H36N4O3. The molecule has 2 aromatic carbocycles. The molecule has 0 aliphatic rings. The number of anilines is 1. The van der Waals surface area contributed by atoms with Gasteiger partial charge in [-0.25, -0.2) is 4.99 Å². The first-order valence-corrected chi connectivity index (χ1v) is 11.3. The maximum Gasteiger partial charge on any atom is 0.224 e. The maximum atomic E-state index is 11.7. The lowest BCUT2D eigenvalue weighted by atomic mass is 10.2. The number of nitrogens with one attached hydrogen (secondary N) is 3. The number of benzene rings is 2. The van der Waals surface area contributed by atoms with Gasteiger partial charge in [-0.15, -0.1) is 0 Å². The summed E-state index contributed by atoms with van der Waals surface area (Å²) in [5.74, 6) is 1.62. The predicted molar refractivity (Wildman–Crippen MR) is 130 cm³/mol. The van der Waals surface area contributed by atoms with Gasteiger partial charge in [-0.2, -0.15) is 0 Å². The maximum absolute atomic E-state index is 11.7. The Bertz CT molecular complexity index is 820. The number of carbonyl (C=O) groups excluding carboxylic acids is 1. The average molecular weight is 441 g/mol. The molecule has 0 radical (unpaired) electrons. The van der Waals surface area contributed by atoms with Crippen LogP contribution in [0, 0.1) is 0 Å². The summed E-state index contributed by atoms with van der Waals surface area (Å²) in [4.78, 5) is 16.5. The summed E-state index contributed by atoms with van der Waals surface area (Å²) in [6, 6.07) is 15.8. The molecule has 0 aliphatic heterocycles. The molecule has 1 amide bonds. The van der Waals surface area contributed by atoms with Gasteiger partial charge in [0.05, 0.1) is 13.7 Å². The van der Waals surface area contributed by atoms with Crippen molar-refractivity contribution in [3.05, 3.63) is 59.7 Å². The number of nitrogens with zero attached hydrogens (tertiary/aromatic N) is 1. The molecule has 0 saturated carbocycles. The van der Waals surface area contributed by atoms with Crippen molar-refractivity contribution < 1.29 is 14.3 Å². The van der Waals surface area contributed by atoms with Gasteiger partial charge in [0, 0.05) is 38.4 Å². The van der Waals surface area contributed by atoms with Crippen LogP contribution in [0.3, 0.4) is 0 Å². The van der Waals surface area contributed by atoms with Crippen LogP contribution in [0.4, 0.5) is 5.69 Å². The number of methoxy groups -OCH3 is 1. The highest BCUT2D eigenvalue weighted by Crippen LogP contribution is 2.12. The topological polar surface area (TPSA) is 84.0 Å². The number of aliphatic imine (C=N–C) groups is 1. The van der Waals surface area contributed by atoms with E-state index in [1.807, 2.05) is 62.4 Å². The Morgan fingerprint density at radius 3 is 2.34 bits per heavy atom. The zero-order chi connectivity index (χ0) is 23.0. The molecule has 7 heteroatoms. The van der Waals surface area contributed by atoms with Gasteiger partial charge in [-0.1, -0.05) is 31.2 Å². The van der Waals surface area contributed by atoms with E-state index in [0.29, 0.717) is 19.5 Å². The first-order valence-electron chi connectivity index (χ1n) is 11.3. The molecule has 2 aromatic rings. The van der Waals surface area contributed by atoms with Crippen molar-refractivity contribution in [2.45, 2.75) is 46.2 Å². The van der Waals surface area contributed by atoms with Crippen molar-refractivity contribution in [1.82, 2.24) is 10.6 Å². The van der Waals surface area contributed by atoms with E-state index in [2.05, 4.69) is 16.0 Å². The van der Waals surface area contributed by atoms with Gasteiger partial charge in [0.2, 0.25) is 5.91 Å². The first kappa shape index (κ1) is 25.2. The normalized spacial score (nSPS) is 11.2. The van der Waals surface area contributed by atoms with Gasteiger partial charge in [-0.05, 0) is 55.2 Å².